The van der Waals surface area contributed by atoms with Crippen molar-refractivity contribution < 1.29 is 13.2 Å². The van der Waals surface area contributed by atoms with Crippen LogP contribution in [0.3, 0.4) is 0 Å². The first-order chi connectivity index (χ1) is 12.2. The summed E-state index contributed by atoms with van der Waals surface area (Å²) < 4.78 is 27.8. The van der Waals surface area contributed by atoms with Crippen molar-refractivity contribution in [1.29, 1.82) is 0 Å². The van der Waals surface area contributed by atoms with E-state index < -0.39 is 10.0 Å². The Morgan fingerprint density at radius 1 is 1.15 bits per heavy atom. The maximum Gasteiger partial charge on any atom is 0.261 e. The molecule has 0 radical (unpaired) electrons. The van der Waals surface area contributed by atoms with Crippen molar-refractivity contribution in [3.8, 4) is 0 Å². The Kier molecular flexibility index (Phi) is 8.27. The van der Waals surface area contributed by atoms with Gasteiger partial charge in [0.2, 0.25) is 0 Å². The summed E-state index contributed by atoms with van der Waals surface area (Å²) in [7, 11) is -3.79. The normalized spacial score (nSPS) is 12.0. The number of aryl methyl sites for hydroxylation is 2. The third-order valence-corrected chi connectivity index (χ3v) is 5.30. The van der Waals surface area contributed by atoms with Gasteiger partial charge >= 0.3 is 0 Å². The Hall–Kier alpha value is -2.09. The standard InChI is InChI=1S/C19H25N3O3S.ClH/c1-13-5-4-6-16(11-13)22-26(24,25)17-8-7-14(2)18(12-17)19(23)21-10-9-15(3)20;/h4-8,11-12,15,22H,9-10,20H2,1-3H3,(H,21,23);1H. The summed E-state index contributed by atoms with van der Waals surface area (Å²) in [5.74, 6) is -0.309. The molecule has 0 aliphatic heterocycles. The molecule has 2 aromatic rings. The van der Waals surface area contributed by atoms with E-state index >= 15 is 0 Å². The zero-order chi connectivity index (χ0) is 19.3. The quantitative estimate of drug-likeness (QED) is 0.651. The lowest BCUT2D eigenvalue weighted by atomic mass is 10.1. The van der Waals surface area contributed by atoms with Crippen molar-refractivity contribution >= 4 is 34.0 Å². The van der Waals surface area contributed by atoms with Crippen LogP contribution in [0.4, 0.5) is 5.69 Å². The minimum Gasteiger partial charge on any atom is -0.352 e. The molecular weight excluding hydrogens is 386 g/mol. The van der Waals surface area contributed by atoms with E-state index in [0.29, 0.717) is 29.8 Å². The third kappa shape index (κ3) is 6.53. The molecule has 0 saturated heterocycles. The van der Waals surface area contributed by atoms with Crippen LogP contribution in [-0.4, -0.2) is 26.9 Å². The Morgan fingerprint density at radius 3 is 2.48 bits per heavy atom. The number of rotatable bonds is 7. The molecule has 148 valence electrons. The summed E-state index contributed by atoms with van der Waals surface area (Å²) in [6.07, 6.45) is 0.650. The number of hydrogen-bond acceptors (Lipinski definition) is 4. The number of sulfonamides is 1. The number of benzene rings is 2. The molecule has 6 nitrogen and oxygen atoms in total. The Bertz CT molecular complexity index is 899. The van der Waals surface area contributed by atoms with Crippen LogP contribution in [0.5, 0.6) is 0 Å². The SMILES string of the molecule is Cc1cccc(NS(=O)(=O)c2ccc(C)c(C(=O)NCCC(C)N)c2)c1.Cl. The van der Waals surface area contributed by atoms with E-state index in [0.717, 1.165) is 5.56 Å². The first-order valence-corrected chi connectivity index (χ1v) is 9.91. The number of halogens is 1. The van der Waals surface area contributed by atoms with Gasteiger partial charge in [0.25, 0.3) is 15.9 Å². The van der Waals surface area contributed by atoms with E-state index in [2.05, 4.69) is 10.0 Å². The van der Waals surface area contributed by atoms with Gasteiger partial charge in [0.1, 0.15) is 0 Å². The average Bonchev–Trinajstić information content (AvgIpc) is 2.54. The van der Waals surface area contributed by atoms with Crippen LogP contribution < -0.4 is 15.8 Å². The van der Waals surface area contributed by atoms with Crippen LogP contribution in [0, 0.1) is 13.8 Å². The predicted octanol–water partition coefficient (Wildman–Crippen LogP) is 2.99. The average molecular weight is 412 g/mol. The predicted molar refractivity (Wildman–Crippen MR) is 111 cm³/mol. The van der Waals surface area contributed by atoms with Crippen molar-refractivity contribution in [1.82, 2.24) is 5.32 Å². The fourth-order valence-corrected chi connectivity index (χ4v) is 3.52. The fraction of sp³-hybridized carbons (Fsp3) is 0.316. The Balaban J connectivity index is 0.00000364. The molecule has 0 aromatic heterocycles. The highest BCUT2D eigenvalue weighted by molar-refractivity contribution is 7.92. The molecule has 1 atom stereocenters. The molecular formula is C19H26ClN3O3S. The topological polar surface area (TPSA) is 101 Å². The van der Waals surface area contributed by atoms with E-state index in [-0.39, 0.29) is 29.3 Å². The number of carbonyl (C=O) groups excluding carboxylic acids is 1. The summed E-state index contributed by atoms with van der Waals surface area (Å²) in [5.41, 5.74) is 8.14. The maximum absolute atomic E-state index is 12.6. The molecule has 4 N–H and O–H groups in total. The molecule has 0 aliphatic carbocycles. The van der Waals surface area contributed by atoms with Crippen LogP contribution in [0.15, 0.2) is 47.4 Å². The number of amides is 1. The monoisotopic (exact) mass is 411 g/mol. The van der Waals surface area contributed by atoms with Crippen molar-refractivity contribution in [3.63, 3.8) is 0 Å². The third-order valence-electron chi connectivity index (χ3n) is 3.92. The number of nitrogens with two attached hydrogens (primary N) is 1. The summed E-state index contributed by atoms with van der Waals surface area (Å²) in [4.78, 5) is 12.4. The Labute approximate surface area is 167 Å². The second-order valence-corrected chi connectivity index (χ2v) is 8.16. The molecule has 1 unspecified atom stereocenters. The first kappa shape index (κ1) is 23.0. The molecule has 0 spiro atoms. The lowest BCUT2D eigenvalue weighted by Crippen LogP contribution is -2.29. The van der Waals surface area contributed by atoms with Gasteiger partial charge in [0, 0.05) is 23.8 Å². The lowest BCUT2D eigenvalue weighted by Gasteiger charge is -2.12. The van der Waals surface area contributed by atoms with Crippen LogP contribution in [0.25, 0.3) is 0 Å². The van der Waals surface area contributed by atoms with Crippen LogP contribution in [0.2, 0.25) is 0 Å². The van der Waals surface area contributed by atoms with Gasteiger partial charge < -0.3 is 11.1 Å². The number of nitrogens with one attached hydrogen (secondary N) is 2. The molecule has 27 heavy (non-hydrogen) atoms. The largest absolute Gasteiger partial charge is 0.352 e. The van der Waals surface area contributed by atoms with Crippen molar-refractivity contribution in [2.75, 3.05) is 11.3 Å². The number of hydrogen-bond donors (Lipinski definition) is 3. The first-order valence-electron chi connectivity index (χ1n) is 8.43. The minimum atomic E-state index is -3.79. The second-order valence-electron chi connectivity index (χ2n) is 6.47. The lowest BCUT2D eigenvalue weighted by molar-refractivity contribution is 0.0952. The molecule has 0 saturated carbocycles. The molecule has 2 rings (SSSR count). The highest BCUT2D eigenvalue weighted by Crippen LogP contribution is 2.20. The van der Waals surface area contributed by atoms with Gasteiger partial charge in [-0.05, 0) is 62.6 Å². The molecule has 0 heterocycles. The van der Waals surface area contributed by atoms with Crippen LogP contribution in [0.1, 0.15) is 34.8 Å². The van der Waals surface area contributed by atoms with E-state index in [4.69, 9.17) is 5.73 Å². The van der Waals surface area contributed by atoms with Crippen molar-refractivity contribution in [3.05, 3.63) is 59.2 Å². The highest BCUT2D eigenvalue weighted by Gasteiger charge is 2.18. The van der Waals surface area contributed by atoms with E-state index in [1.165, 1.54) is 12.1 Å². The van der Waals surface area contributed by atoms with E-state index in [9.17, 15) is 13.2 Å². The van der Waals surface area contributed by atoms with Gasteiger partial charge in [-0.15, -0.1) is 12.4 Å². The van der Waals surface area contributed by atoms with E-state index in [1.807, 2.05) is 19.9 Å². The number of anilines is 1. The maximum atomic E-state index is 12.6. The van der Waals surface area contributed by atoms with Crippen LogP contribution in [-0.2, 0) is 10.0 Å². The van der Waals surface area contributed by atoms with Crippen molar-refractivity contribution in [2.24, 2.45) is 5.73 Å². The second kappa shape index (κ2) is 9.73. The molecule has 0 fully saturated rings. The van der Waals surface area contributed by atoms with Gasteiger partial charge in [0.05, 0.1) is 4.90 Å². The van der Waals surface area contributed by atoms with E-state index in [1.54, 1.807) is 31.2 Å². The zero-order valence-corrected chi connectivity index (χ0v) is 17.3. The van der Waals surface area contributed by atoms with Gasteiger partial charge in [0.15, 0.2) is 0 Å². The smallest absolute Gasteiger partial charge is 0.261 e. The Morgan fingerprint density at radius 2 is 1.85 bits per heavy atom. The summed E-state index contributed by atoms with van der Waals surface area (Å²) in [6.45, 7) is 5.95. The molecule has 0 bridgehead atoms. The molecule has 1 amide bonds. The summed E-state index contributed by atoms with van der Waals surface area (Å²) in [6, 6.07) is 11.6. The molecule has 0 aliphatic rings. The van der Waals surface area contributed by atoms with Gasteiger partial charge in [-0.25, -0.2) is 8.42 Å². The molecule has 8 heteroatoms. The summed E-state index contributed by atoms with van der Waals surface area (Å²) in [5, 5.41) is 2.77. The van der Waals surface area contributed by atoms with Gasteiger partial charge in [-0.1, -0.05) is 18.2 Å². The molecule has 2 aromatic carbocycles. The van der Waals surface area contributed by atoms with Crippen molar-refractivity contribution in [2.45, 2.75) is 38.1 Å². The van der Waals surface area contributed by atoms with Gasteiger partial charge in [-0.2, -0.15) is 0 Å². The fourth-order valence-electron chi connectivity index (χ4n) is 2.44. The van der Waals surface area contributed by atoms with Crippen LogP contribution >= 0.6 is 12.4 Å². The summed E-state index contributed by atoms with van der Waals surface area (Å²) >= 11 is 0. The van der Waals surface area contributed by atoms with Gasteiger partial charge in [-0.3, -0.25) is 9.52 Å². The zero-order valence-electron chi connectivity index (χ0n) is 15.7. The number of carbonyl (C=O) groups is 1. The highest BCUT2D eigenvalue weighted by atomic mass is 35.5. The minimum absolute atomic E-state index is 0.